The number of carbonyl (C=O) groups excluding carboxylic acids is 4. The highest BCUT2D eigenvalue weighted by atomic mass is 16.4. The number of hydrogen-bond donors (Lipinski definition) is 7. The van der Waals surface area contributed by atoms with Gasteiger partial charge in [0.15, 0.2) is 0 Å². The number of rotatable bonds is 14. The Bertz CT molecular complexity index is 873. The first-order chi connectivity index (χ1) is 15.9. The molecule has 12 heteroatoms. The van der Waals surface area contributed by atoms with Gasteiger partial charge < -0.3 is 37.6 Å². The Kier molecular flexibility index (Phi) is 11.5. The molecule has 4 amide bonds. The molecule has 188 valence electrons. The molecule has 0 saturated carbocycles. The van der Waals surface area contributed by atoms with Crippen LogP contribution in [0.4, 0.5) is 0 Å². The number of phenolic OH excluding ortho intramolecular Hbond substituents is 1. The molecule has 1 aromatic carbocycles. The summed E-state index contributed by atoms with van der Waals surface area (Å²) in [5.41, 5.74) is 11.0. The summed E-state index contributed by atoms with van der Waals surface area (Å²) in [5.74, 6) is -4.07. The van der Waals surface area contributed by atoms with E-state index >= 15 is 0 Å². The Morgan fingerprint density at radius 2 is 1.47 bits per heavy atom. The molecule has 9 N–H and O–H groups in total. The monoisotopic (exact) mass is 479 g/mol. The maximum Gasteiger partial charge on any atom is 0.326 e. The van der Waals surface area contributed by atoms with Crippen molar-refractivity contribution in [1.29, 1.82) is 0 Å². The molecule has 0 spiro atoms. The van der Waals surface area contributed by atoms with Crippen molar-refractivity contribution in [3.05, 3.63) is 29.8 Å². The highest BCUT2D eigenvalue weighted by Crippen LogP contribution is 2.13. The van der Waals surface area contributed by atoms with E-state index in [1.54, 1.807) is 26.0 Å². The third kappa shape index (κ3) is 10.3. The summed E-state index contributed by atoms with van der Waals surface area (Å²) in [6.07, 6.45) is -0.174. The molecule has 1 aromatic rings. The number of nitrogens with one attached hydrogen (secondary N) is 3. The topological polar surface area (TPSA) is 214 Å². The molecular weight excluding hydrogens is 446 g/mol. The van der Waals surface area contributed by atoms with Gasteiger partial charge in [0.2, 0.25) is 23.6 Å². The van der Waals surface area contributed by atoms with Crippen LogP contribution in [0.15, 0.2) is 24.3 Å². The zero-order valence-corrected chi connectivity index (χ0v) is 19.2. The number of carboxylic acids is 1. The van der Waals surface area contributed by atoms with Crippen molar-refractivity contribution < 1.29 is 34.2 Å². The van der Waals surface area contributed by atoms with Gasteiger partial charge in [0.25, 0.3) is 0 Å². The first-order valence-electron chi connectivity index (χ1n) is 10.8. The van der Waals surface area contributed by atoms with Gasteiger partial charge in [-0.2, -0.15) is 0 Å². The smallest absolute Gasteiger partial charge is 0.326 e. The van der Waals surface area contributed by atoms with Gasteiger partial charge >= 0.3 is 5.97 Å². The fraction of sp³-hybridized carbons (Fsp3) is 0.500. The molecule has 0 aromatic heterocycles. The summed E-state index contributed by atoms with van der Waals surface area (Å²) in [5, 5.41) is 26.3. The Morgan fingerprint density at radius 1 is 0.912 bits per heavy atom. The number of carbonyl (C=O) groups is 5. The van der Waals surface area contributed by atoms with Gasteiger partial charge in [0, 0.05) is 12.8 Å². The van der Waals surface area contributed by atoms with Crippen molar-refractivity contribution in [2.45, 2.75) is 57.7 Å². The number of aliphatic carboxylic acids is 1. The largest absolute Gasteiger partial charge is 0.508 e. The maximum absolute atomic E-state index is 13.0. The first kappa shape index (κ1) is 28.4. The van der Waals surface area contributed by atoms with Gasteiger partial charge in [-0.3, -0.25) is 19.2 Å². The second-order valence-corrected chi connectivity index (χ2v) is 8.29. The molecule has 0 fully saturated rings. The number of hydrogen-bond acceptors (Lipinski definition) is 7. The fourth-order valence-electron chi connectivity index (χ4n) is 3.12. The van der Waals surface area contributed by atoms with E-state index in [-0.39, 0.29) is 37.4 Å². The van der Waals surface area contributed by atoms with Crippen LogP contribution in [0, 0.1) is 5.92 Å². The lowest BCUT2D eigenvalue weighted by atomic mass is 10.0. The van der Waals surface area contributed by atoms with Crippen LogP contribution in [0.5, 0.6) is 5.75 Å². The maximum atomic E-state index is 13.0. The van der Waals surface area contributed by atoms with Crippen LogP contribution in [-0.4, -0.2) is 64.5 Å². The molecule has 0 saturated heterocycles. The summed E-state index contributed by atoms with van der Waals surface area (Å²) in [7, 11) is 0. The van der Waals surface area contributed by atoms with Crippen molar-refractivity contribution in [2.24, 2.45) is 17.4 Å². The molecule has 0 aliphatic carbocycles. The highest BCUT2D eigenvalue weighted by molar-refractivity contribution is 5.94. The number of amides is 4. The number of primary amides is 1. The third-order valence-corrected chi connectivity index (χ3v) is 4.85. The van der Waals surface area contributed by atoms with Gasteiger partial charge in [-0.1, -0.05) is 26.0 Å². The van der Waals surface area contributed by atoms with Gasteiger partial charge in [0.05, 0.1) is 6.54 Å². The minimum atomic E-state index is -1.22. The summed E-state index contributed by atoms with van der Waals surface area (Å²) in [4.78, 5) is 60.4. The van der Waals surface area contributed by atoms with Crippen molar-refractivity contribution in [1.82, 2.24) is 16.0 Å². The molecule has 1 rings (SSSR count). The minimum Gasteiger partial charge on any atom is -0.508 e. The molecule has 0 bridgehead atoms. The summed E-state index contributed by atoms with van der Waals surface area (Å²) < 4.78 is 0. The van der Waals surface area contributed by atoms with E-state index in [2.05, 4.69) is 16.0 Å². The quantitative estimate of drug-likeness (QED) is 0.171. The molecular formula is C22H33N5O7. The normalized spacial score (nSPS) is 13.4. The van der Waals surface area contributed by atoms with Crippen molar-refractivity contribution in [2.75, 3.05) is 6.54 Å². The molecule has 34 heavy (non-hydrogen) atoms. The Balaban J connectivity index is 3.13. The van der Waals surface area contributed by atoms with Crippen molar-refractivity contribution in [3.63, 3.8) is 0 Å². The second-order valence-electron chi connectivity index (χ2n) is 8.29. The standard InChI is InChI=1S/C22H33N5O7/c1-12(2)9-17(22(33)34)27-21(32)16(10-13-3-5-14(28)6-4-13)26-20(31)15(7-8-18(24)29)25-19(30)11-23/h3-6,12,15-17,28H,7-11,23H2,1-2H3,(H2,24,29)(H,25,30)(H,26,31)(H,27,32)(H,33,34). The van der Waals surface area contributed by atoms with E-state index in [1.165, 1.54) is 12.1 Å². The van der Waals surface area contributed by atoms with Crippen LogP contribution in [0.1, 0.15) is 38.7 Å². The summed E-state index contributed by atoms with van der Waals surface area (Å²) in [6.45, 7) is 3.22. The average Bonchev–Trinajstić information content (AvgIpc) is 2.76. The zero-order chi connectivity index (χ0) is 25.8. The van der Waals surface area contributed by atoms with E-state index in [4.69, 9.17) is 11.5 Å². The Labute approximate surface area is 197 Å². The van der Waals surface area contributed by atoms with Crippen LogP contribution in [0.3, 0.4) is 0 Å². The van der Waals surface area contributed by atoms with Crippen molar-refractivity contribution in [3.8, 4) is 5.75 Å². The zero-order valence-electron chi connectivity index (χ0n) is 19.2. The van der Waals surface area contributed by atoms with E-state index in [0.29, 0.717) is 5.56 Å². The van der Waals surface area contributed by atoms with E-state index < -0.39 is 54.3 Å². The SMILES string of the molecule is CC(C)CC(NC(=O)C(Cc1ccc(O)cc1)NC(=O)C(CCC(N)=O)NC(=O)CN)C(=O)O. The Morgan fingerprint density at radius 3 is 1.97 bits per heavy atom. The van der Waals surface area contributed by atoms with E-state index in [9.17, 15) is 34.2 Å². The fourth-order valence-corrected chi connectivity index (χ4v) is 3.12. The van der Waals surface area contributed by atoms with E-state index in [1.807, 2.05) is 0 Å². The van der Waals surface area contributed by atoms with Crippen LogP contribution in [-0.2, 0) is 30.4 Å². The van der Waals surface area contributed by atoms with Crippen LogP contribution in [0.25, 0.3) is 0 Å². The number of carboxylic acid groups (broad SMARTS) is 1. The second kappa shape index (κ2) is 13.8. The molecule has 12 nitrogen and oxygen atoms in total. The van der Waals surface area contributed by atoms with Crippen LogP contribution >= 0.6 is 0 Å². The number of phenols is 1. The number of aromatic hydroxyl groups is 1. The predicted octanol–water partition coefficient (Wildman–Crippen LogP) is -1.26. The third-order valence-electron chi connectivity index (χ3n) is 4.85. The summed E-state index contributed by atoms with van der Waals surface area (Å²) in [6, 6.07) is 2.33. The predicted molar refractivity (Wildman–Crippen MR) is 122 cm³/mol. The van der Waals surface area contributed by atoms with Gasteiger partial charge in [0.1, 0.15) is 23.9 Å². The molecule has 0 heterocycles. The minimum absolute atomic E-state index is 0.00711. The number of nitrogens with two attached hydrogens (primary N) is 2. The lowest BCUT2D eigenvalue weighted by Gasteiger charge is -2.25. The molecule has 3 unspecified atom stereocenters. The van der Waals surface area contributed by atoms with E-state index in [0.717, 1.165) is 0 Å². The molecule has 0 aliphatic rings. The van der Waals surface area contributed by atoms with Gasteiger partial charge in [-0.25, -0.2) is 4.79 Å². The summed E-state index contributed by atoms with van der Waals surface area (Å²) >= 11 is 0. The van der Waals surface area contributed by atoms with Gasteiger partial charge in [-0.15, -0.1) is 0 Å². The number of benzene rings is 1. The lowest BCUT2D eigenvalue weighted by Crippen LogP contribution is -2.57. The van der Waals surface area contributed by atoms with Gasteiger partial charge in [-0.05, 0) is 36.5 Å². The average molecular weight is 480 g/mol. The van der Waals surface area contributed by atoms with Crippen LogP contribution < -0.4 is 27.4 Å². The Hall–Kier alpha value is -3.67. The first-order valence-corrected chi connectivity index (χ1v) is 10.8. The molecule has 3 atom stereocenters. The molecule has 0 aliphatic heterocycles. The van der Waals surface area contributed by atoms with Crippen molar-refractivity contribution >= 4 is 29.6 Å². The van der Waals surface area contributed by atoms with Crippen LogP contribution in [0.2, 0.25) is 0 Å². The highest BCUT2D eigenvalue weighted by Gasteiger charge is 2.30. The lowest BCUT2D eigenvalue weighted by molar-refractivity contribution is -0.142. The molecule has 0 radical (unpaired) electrons.